The Balaban J connectivity index is 2.29. The summed E-state index contributed by atoms with van der Waals surface area (Å²) in [7, 11) is 2.15. The molecule has 18 heavy (non-hydrogen) atoms. The number of nitrogens with one attached hydrogen (secondary N) is 1. The van der Waals surface area contributed by atoms with Crippen LogP contribution in [0.15, 0.2) is 27.9 Å². The maximum Gasteiger partial charge on any atom is 0.330 e. The molecule has 6 nitrogen and oxygen atoms in total. The Labute approximate surface area is 106 Å². The third kappa shape index (κ3) is 2.46. The van der Waals surface area contributed by atoms with Gasteiger partial charge in [-0.3, -0.25) is 14.3 Å². The van der Waals surface area contributed by atoms with Crippen LogP contribution in [0.5, 0.6) is 0 Å². The van der Waals surface area contributed by atoms with Crippen LogP contribution in [0.3, 0.4) is 0 Å². The number of H-pyrrole nitrogens is 1. The van der Waals surface area contributed by atoms with E-state index in [2.05, 4.69) is 21.0 Å². The number of ether oxygens (including phenoxy) is 1. The van der Waals surface area contributed by atoms with Crippen molar-refractivity contribution in [3.63, 3.8) is 0 Å². The summed E-state index contributed by atoms with van der Waals surface area (Å²) in [6, 6.07) is 0. The van der Waals surface area contributed by atoms with Gasteiger partial charge in [0.2, 0.25) is 0 Å². The van der Waals surface area contributed by atoms with E-state index in [4.69, 9.17) is 9.26 Å². The molecule has 1 fully saturated rings. The molecule has 0 spiro atoms. The largest absolute Gasteiger partial charge is 0.363 e. The van der Waals surface area contributed by atoms with Crippen LogP contribution < -0.4 is 11.2 Å². The summed E-state index contributed by atoms with van der Waals surface area (Å²) in [5, 5.41) is 0. The lowest BCUT2D eigenvalue weighted by Crippen LogP contribution is -2.33. The molecule has 0 aliphatic carbocycles. The Bertz CT molecular complexity index is 577. The highest BCUT2D eigenvalue weighted by molar-refractivity contribution is 7.09. The molecule has 2 rings (SSSR count). The zero-order valence-electron chi connectivity index (χ0n) is 10.0. The normalized spacial score (nSPS) is 23.6. The number of aromatic amines is 1. The van der Waals surface area contributed by atoms with Gasteiger partial charge in [-0.2, -0.15) is 0 Å². The van der Waals surface area contributed by atoms with Gasteiger partial charge in [0.25, 0.3) is 5.56 Å². The number of hydrogen-bond donors (Lipinski definition) is 1. The molecule has 3 atom stereocenters. The van der Waals surface area contributed by atoms with Gasteiger partial charge in [-0.15, -0.1) is 0 Å². The van der Waals surface area contributed by atoms with Gasteiger partial charge < -0.3 is 9.26 Å². The molecule has 1 aliphatic heterocycles. The predicted molar refractivity (Wildman–Crippen MR) is 69.4 cm³/mol. The topological polar surface area (TPSA) is 73.3 Å². The van der Waals surface area contributed by atoms with Crippen LogP contribution in [0.2, 0.25) is 0 Å². The lowest BCUT2D eigenvalue weighted by Gasteiger charge is -2.15. The van der Waals surface area contributed by atoms with Crippen molar-refractivity contribution in [2.75, 3.05) is 6.61 Å². The number of aryl methyl sites for hydroxylation is 1. The quantitative estimate of drug-likeness (QED) is 0.641. The predicted octanol–water partition coefficient (Wildman–Crippen LogP) is 0.495. The Morgan fingerprint density at radius 2 is 2.39 bits per heavy atom. The zero-order chi connectivity index (χ0) is 13.3. The third-order valence-corrected chi connectivity index (χ3v) is 3.11. The Hall–Kier alpha value is -1.23. The molecule has 1 aliphatic rings. The molecular formula is C11H15N2O4P. The van der Waals surface area contributed by atoms with Crippen molar-refractivity contribution in [2.24, 2.45) is 0 Å². The summed E-state index contributed by atoms with van der Waals surface area (Å²) >= 11 is 0. The van der Waals surface area contributed by atoms with E-state index in [0.29, 0.717) is 18.6 Å². The minimum absolute atomic E-state index is 0.230. The van der Waals surface area contributed by atoms with E-state index in [0.717, 1.165) is 5.57 Å². The minimum atomic E-state index is -0.476. The van der Waals surface area contributed by atoms with Crippen molar-refractivity contribution >= 4 is 9.47 Å². The summed E-state index contributed by atoms with van der Waals surface area (Å²) in [6.07, 6.45) is 1.37. The van der Waals surface area contributed by atoms with E-state index in [1.807, 2.05) is 0 Å². The minimum Gasteiger partial charge on any atom is -0.363 e. The van der Waals surface area contributed by atoms with E-state index in [1.165, 1.54) is 10.8 Å². The highest BCUT2D eigenvalue weighted by Crippen LogP contribution is 2.31. The molecule has 0 aromatic carbocycles. The molecule has 0 bridgehead atoms. The summed E-state index contributed by atoms with van der Waals surface area (Å²) in [6.45, 7) is 5.91. The fourth-order valence-corrected chi connectivity index (χ4v) is 2.07. The second-order valence-electron chi connectivity index (χ2n) is 4.25. The first-order chi connectivity index (χ1) is 8.52. The molecule has 2 heterocycles. The molecule has 0 amide bonds. The standard InChI is InChI=1S/C11H15N2O4P/c1-6-3-9(17-8(6)5-16-18)13-4-7(2)10(14)12-11(13)15/h4,8-9H,1,3,5,18H2,2H3,(H,12,14,15)/t8-,9-/m1/s1. The van der Waals surface area contributed by atoms with Crippen molar-refractivity contribution in [2.45, 2.75) is 25.7 Å². The van der Waals surface area contributed by atoms with E-state index in [-0.39, 0.29) is 11.7 Å². The van der Waals surface area contributed by atoms with Gasteiger partial charge in [0.1, 0.15) is 12.3 Å². The first kappa shape index (κ1) is 13.2. The summed E-state index contributed by atoms with van der Waals surface area (Å²) in [5.41, 5.74) is 0.488. The molecule has 7 heteroatoms. The van der Waals surface area contributed by atoms with E-state index >= 15 is 0 Å². The highest BCUT2D eigenvalue weighted by Gasteiger charge is 2.30. The average Bonchev–Trinajstić information content (AvgIpc) is 2.66. The second-order valence-corrected chi connectivity index (χ2v) is 4.59. The molecule has 1 unspecified atom stereocenters. The Morgan fingerprint density at radius 1 is 1.67 bits per heavy atom. The summed E-state index contributed by atoms with van der Waals surface area (Å²) in [5.74, 6) is 0. The maximum atomic E-state index is 11.7. The van der Waals surface area contributed by atoms with Crippen LogP contribution in [0.4, 0.5) is 0 Å². The van der Waals surface area contributed by atoms with Crippen molar-refractivity contribution in [1.29, 1.82) is 0 Å². The number of nitrogens with zero attached hydrogens (tertiary/aromatic N) is 1. The Morgan fingerprint density at radius 3 is 3.06 bits per heavy atom. The Kier molecular flexibility index (Phi) is 3.80. The van der Waals surface area contributed by atoms with Gasteiger partial charge in [-0.25, -0.2) is 4.79 Å². The summed E-state index contributed by atoms with van der Waals surface area (Å²) in [4.78, 5) is 25.3. The van der Waals surface area contributed by atoms with Crippen LogP contribution in [-0.2, 0) is 9.26 Å². The smallest absolute Gasteiger partial charge is 0.330 e. The second kappa shape index (κ2) is 5.18. The van der Waals surface area contributed by atoms with Crippen LogP contribution in [0.25, 0.3) is 0 Å². The van der Waals surface area contributed by atoms with Crippen molar-refractivity contribution in [3.05, 3.63) is 44.8 Å². The number of aromatic nitrogens is 2. The van der Waals surface area contributed by atoms with Crippen LogP contribution in [0, 0.1) is 6.92 Å². The zero-order valence-corrected chi connectivity index (χ0v) is 11.2. The van der Waals surface area contributed by atoms with Gasteiger partial charge in [-0.05, 0) is 12.5 Å². The van der Waals surface area contributed by atoms with Crippen LogP contribution in [-0.4, -0.2) is 22.3 Å². The first-order valence-corrected chi connectivity index (χ1v) is 5.97. The molecule has 0 radical (unpaired) electrons. The monoisotopic (exact) mass is 270 g/mol. The third-order valence-electron chi connectivity index (χ3n) is 2.92. The molecule has 1 N–H and O–H groups in total. The molecule has 1 aromatic rings. The number of rotatable bonds is 3. The van der Waals surface area contributed by atoms with Crippen molar-refractivity contribution in [3.8, 4) is 0 Å². The average molecular weight is 270 g/mol. The van der Waals surface area contributed by atoms with Gasteiger partial charge in [-0.1, -0.05) is 6.58 Å². The van der Waals surface area contributed by atoms with Crippen LogP contribution in [0.1, 0.15) is 18.2 Å². The fourth-order valence-electron chi connectivity index (χ4n) is 1.90. The van der Waals surface area contributed by atoms with Gasteiger partial charge in [0, 0.05) is 27.6 Å². The SMILES string of the molecule is C=C1C[C@H](n2cc(C)c(=O)[nH]c2=O)O[C@@H]1COP. The molecule has 98 valence electrons. The van der Waals surface area contributed by atoms with Crippen molar-refractivity contribution in [1.82, 2.24) is 9.55 Å². The molecule has 0 saturated carbocycles. The van der Waals surface area contributed by atoms with E-state index < -0.39 is 11.9 Å². The van der Waals surface area contributed by atoms with Gasteiger partial charge >= 0.3 is 5.69 Å². The lowest BCUT2D eigenvalue weighted by atomic mass is 10.1. The van der Waals surface area contributed by atoms with Crippen molar-refractivity contribution < 1.29 is 9.26 Å². The molecular weight excluding hydrogens is 255 g/mol. The van der Waals surface area contributed by atoms with E-state index in [1.54, 1.807) is 6.92 Å². The highest BCUT2D eigenvalue weighted by atomic mass is 31.0. The van der Waals surface area contributed by atoms with Gasteiger partial charge in [0.05, 0.1) is 6.61 Å². The first-order valence-electron chi connectivity index (χ1n) is 5.49. The van der Waals surface area contributed by atoms with Gasteiger partial charge in [0.15, 0.2) is 0 Å². The van der Waals surface area contributed by atoms with E-state index in [9.17, 15) is 9.59 Å². The summed E-state index contributed by atoms with van der Waals surface area (Å²) < 4.78 is 12.0. The fraction of sp³-hybridized carbons (Fsp3) is 0.455. The molecule has 1 saturated heterocycles. The molecule has 1 aromatic heterocycles. The lowest BCUT2D eigenvalue weighted by molar-refractivity contribution is -0.0119. The number of hydrogen-bond acceptors (Lipinski definition) is 4. The maximum absolute atomic E-state index is 11.7. The van der Waals surface area contributed by atoms with Crippen LogP contribution >= 0.6 is 9.47 Å².